The number of ether oxygens (including phenoxy) is 1. The number of nitro groups is 1. The average Bonchev–Trinajstić information content (AvgIpc) is 3.00. The van der Waals surface area contributed by atoms with Gasteiger partial charge < -0.3 is 14.5 Å². The molecule has 0 saturated carbocycles. The molecule has 0 fully saturated rings. The minimum atomic E-state index is -0.479. The molecular weight excluding hydrogens is 300 g/mol. The molecule has 0 atom stereocenters. The molecule has 1 aromatic heterocycles. The molecule has 0 unspecified atom stereocenters. The van der Waals surface area contributed by atoms with Crippen LogP contribution in [0.5, 0.6) is 11.5 Å². The van der Waals surface area contributed by atoms with Gasteiger partial charge in [0.25, 0.3) is 11.6 Å². The molecule has 0 aliphatic heterocycles. The van der Waals surface area contributed by atoms with E-state index in [2.05, 4.69) is 5.32 Å². The number of amides is 1. The quantitative estimate of drug-likeness (QED) is 0.587. The van der Waals surface area contributed by atoms with E-state index in [1.165, 1.54) is 31.3 Å². The van der Waals surface area contributed by atoms with Gasteiger partial charge in [0.05, 0.1) is 4.92 Å². The number of nitrogens with one attached hydrogen (secondary N) is 1. The van der Waals surface area contributed by atoms with Crippen LogP contribution in [0, 0.1) is 10.1 Å². The van der Waals surface area contributed by atoms with Gasteiger partial charge in [-0.05, 0) is 24.3 Å². The molecule has 2 aromatic carbocycles. The molecule has 3 rings (SSSR count). The normalized spacial score (nSPS) is 10.5. The fraction of sp³-hybridized carbons (Fsp3) is 0.0625. The Morgan fingerprint density at radius 1 is 1.22 bits per heavy atom. The lowest BCUT2D eigenvalue weighted by atomic mass is 10.2. The number of non-ortho nitro benzene ring substituents is 1. The van der Waals surface area contributed by atoms with Crippen molar-refractivity contribution >= 4 is 22.6 Å². The second kappa shape index (κ2) is 5.80. The first kappa shape index (κ1) is 14.6. The predicted molar refractivity (Wildman–Crippen MR) is 82.8 cm³/mol. The van der Waals surface area contributed by atoms with Crippen LogP contribution in [0.25, 0.3) is 11.0 Å². The van der Waals surface area contributed by atoms with Crippen LogP contribution in [0.15, 0.2) is 52.9 Å². The van der Waals surface area contributed by atoms with Crippen molar-refractivity contribution in [2.45, 2.75) is 0 Å². The maximum atomic E-state index is 11.6. The Hall–Kier alpha value is -3.35. The summed E-state index contributed by atoms with van der Waals surface area (Å²) in [5, 5.41) is 13.9. The third-order valence-corrected chi connectivity index (χ3v) is 3.23. The highest BCUT2D eigenvalue weighted by Gasteiger charge is 2.14. The molecular formula is C16H12N2O5. The zero-order valence-corrected chi connectivity index (χ0v) is 12.1. The van der Waals surface area contributed by atoms with E-state index in [4.69, 9.17) is 9.15 Å². The van der Waals surface area contributed by atoms with E-state index in [1.807, 2.05) is 0 Å². The standard InChI is InChI=1S/C16H12N2O5/c1-17-16(19)14-9-10-3-2-4-13(15(10)23-14)22-12-7-5-11(6-8-12)18(20)21/h2-9H,1H3,(H,17,19). The summed E-state index contributed by atoms with van der Waals surface area (Å²) < 4.78 is 11.2. The number of carbonyl (C=O) groups is 1. The van der Waals surface area contributed by atoms with Gasteiger partial charge in [0.15, 0.2) is 17.1 Å². The minimum Gasteiger partial charge on any atom is -0.453 e. The van der Waals surface area contributed by atoms with Crippen molar-refractivity contribution in [3.05, 3.63) is 64.4 Å². The maximum Gasteiger partial charge on any atom is 0.286 e. The molecule has 0 saturated heterocycles. The second-order valence-electron chi connectivity index (χ2n) is 4.72. The predicted octanol–water partition coefficient (Wildman–Crippen LogP) is 3.49. The molecule has 0 bridgehead atoms. The molecule has 1 amide bonds. The molecule has 3 aromatic rings. The molecule has 0 aliphatic carbocycles. The molecule has 23 heavy (non-hydrogen) atoms. The Morgan fingerprint density at radius 2 is 1.96 bits per heavy atom. The third kappa shape index (κ3) is 2.84. The smallest absolute Gasteiger partial charge is 0.286 e. The number of rotatable bonds is 4. The summed E-state index contributed by atoms with van der Waals surface area (Å²) in [5.41, 5.74) is 0.417. The van der Waals surface area contributed by atoms with Gasteiger partial charge in [-0.3, -0.25) is 14.9 Å². The van der Waals surface area contributed by atoms with E-state index in [0.29, 0.717) is 17.1 Å². The Kier molecular flexibility index (Phi) is 3.68. The molecule has 0 spiro atoms. The molecule has 116 valence electrons. The second-order valence-corrected chi connectivity index (χ2v) is 4.72. The Bertz CT molecular complexity index is 883. The fourth-order valence-corrected chi connectivity index (χ4v) is 2.11. The van der Waals surface area contributed by atoms with Gasteiger partial charge in [-0.15, -0.1) is 0 Å². The lowest BCUT2D eigenvalue weighted by molar-refractivity contribution is -0.384. The minimum absolute atomic E-state index is 0.0181. The summed E-state index contributed by atoms with van der Waals surface area (Å²) in [4.78, 5) is 21.8. The van der Waals surface area contributed by atoms with Crippen LogP contribution in [0.4, 0.5) is 5.69 Å². The topological polar surface area (TPSA) is 94.6 Å². The largest absolute Gasteiger partial charge is 0.453 e. The van der Waals surface area contributed by atoms with Crippen LogP contribution in [0.3, 0.4) is 0 Å². The number of hydrogen-bond donors (Lipinski definition) is 1. The summed E-state index contributed by atoms with van der Waals surface area (Å²) >= 11 is 0. The first-order valence-electron chi connectivity index (χ1n) is 6.75. The first-order chi connectivity index (χ1) is 11.1. The van der Waals surface area contributed by atoms with Crippen LogP contribution in [0.1, 0.15) is 10.6 Å². The summed E-state index contributed by atoms with van der Waals surface area (Å²) in [5.74, 6) is 0.706. The highest BCUT2D eigenvalue weighted by molar-refractivity contribution is 5.97. The number of nitrogens with zero attached hydrogens (tertiary/aromatic N) is 1. The van der Waals surface area contributed by atoms with Crippen molar-refractivity contribution in [2.24, 2.45) is 0 Å². The Labute approximate surface area is 130 Å². The molecule has 1 N–H and O–H groups in total. The number of fused-ring (bicyclic) bond motifs is 1. The van der Waals surface area contributed by atoms with Gasteiger partial charge in [0.1, 0.15) is 5.75 Å². The van der Waals surface area contributed by atoms with Crippen LogP contribution >= 0.6 is 0 Å². The zero-order valence-electron chi connectivity index (χ0n) is 12.1. The number of hydrogen-bond acceptors (Lipinski definition) is 5. The highest BCUT2D eigenvalue weighted by Crippen LogP contribution is 2.32. The zero-order chi connectivity index (χ0) is 16.4. The number of nitro benzene ring substituents is 1. The van der Waals surface area contributed by atoms with Crippen LogP contribution < -0.4 is 10.1 Å². The lowest BCUT2D eigenvalue weighted by Gasteiger charge is -2.05. The van der Waals surface area contributed by atoms with E-state index < -0.39 is 4.92 Å². The Morgan fingerprint density at radius 3 is 2.61 bits per heavy atom. The lowest BCUT2D eigenvalue weighted by Crippen LogP contribution is -2.16. The Balaban J connectivity index is 1.94. The van der Waals surface area contributed by atoms with Crippen molar-refractivity contribution in [1.82, 2.24) is 5.32 Å². The fourth-order valence-electron chi connectivity index (χ4n) is 2.11. The van der Waals surface area contributed by atoms with Crippen molar-refractivity contribution < 1.29 is 18.9 Å². The number of para-hydroxylation sites is 1. The third-order valence-electron chi connectivity index (χ3n) is 3.23. The van der Waals surface area contributed by atoms with Crippen molar-refractivity contribution in [2.75, 3.05) is 7.05 Å². The number of furan rings is 1. The molecule has 7 heteroatoms. The number of benzene rings is 2. The summed E-state index contributed by atoms with van der Waals surface area (Å²) in [6.07, 6.45) is 0. The van der Waals surface area contributed by atoms with Gasteiger partial charge in [0.2, 0.25) is 0 Å². The molecule has 0 radical (unpaired) electrons. The van der Waals surface area contributed by atoms with E-state index in [9.17, 15) is 14.9 Å². The van der Waals surface area contributed by atoms with Crippen LogP contribution in [-0.2, 0) is 0 Å². The summed E-state index contributed by atoms with van der Waals surface area (Å²) in [7, 11) is 1.52. The molecule has 1 heterocycles. The van der Waals surface area contributed by atoms with Crippen LogP contribution in [-0.4, -0.2) is 17.9 Å². The van der Waals surface area contributed by atoms with E-state index in [-0.39, 0.29) is 17.4 Å². The number of carbonyl (C=O) groups excluding carboxylic acids is 1. The average molecular weight is 312 g/mol. The SMILES string of the molecule is CNC(=O)c1cc2cccc(Oc3ccc([N+](=O)[O-])cc3)c2o1. The van der Waals surface area contributed by atoms with Gasteiger partial charge >= 0.3 is 0 Å². The van der Waals surface area contributed by atoms with E-state index in [0.717, 1.165) is 5.39 Å². The van der Waals surface area contributed by atoms with Gasteiger partial charge in [0, 0.05) is 24.6 Å². The van der Waals surface area contributed by atoms with Gasteiger partial charge in [-0.1, -0.05) is 12.1 Å². The summed E-state index contributed by atoms with van der Waals surface area (Å²) in [6.45, 7) is 0. The van der Waals surface area contributed by atoms with Crippen LogP contribution in [0.2, 0.25) is 0 Å². The van der Waals surface area contributed by atoms with Gasteiger partial charge in [-0.25, -0.2) is 0 Å². The van der Waals surface area contributed by atoms with Crippen molar-refractivity contribution in [3.8, 4) is 11.5 Å². The van der Waals surface area contributed by atoms with E-state index in [1.54, 1.807) is 24.3 Å². The van der Waals surface area contributed by atoms with E-state index >= 15 is 0 Å². The molecule has 0 aliphatic rings. The molecule has 7 nitrogen and oxygen atoms in total. The maximum absolute atomic E-state index is 11.6. The summed E-state index contributed by atoms with van der Waals surface area (Å²) in [6, 6.07) is 12.6. The monoisotopic (exact) mass is 312 g/mol. The van der Waals surface area contributed by atoms with Crippen molar-refractivity contribution in [1.29, 1.82) is 0 Å². The highest BCUT2D eigenvalue weighted by atomic mass is 16.6. The van der Waals surface area contributed by atoms with Crippen molar-refractivity contribution in [3.63, 3.8) is 0 Å². The first-order valence-corrected chi connectivity index (χ1v) is 6.75. The van der Waals surface area contributed by atoms with Gasteiger partial charge in [-0.2, -0.15) is 0 Å².